The van der Waals surface area contributed by atoms with Crippen LogP contribution in [0, 0.1) is 6.92 Å². The molecule has 1 aromatic heterocycles. The number of aromatic nitrogens is 1. The molecule has 1 N–H and O–H groups in total. The van der Waals surface area contributed by atoms with Crippen molar-refractivity contribution in [2.24, 2.45) is 0 Å². The number of nitrogens with one attached hydrogen (secondary N) is 1. The molecule has 1 aliphatic rings. The Bertz CT molecular complexity index is 505. The highest BCUT2D eigenvalue weighted by atomic mass is 32.2. The molecule has 1 fully saturated rings. The molecule has 5 nitrogen and oxygen atoms in total. The molecule has 1 atom stereocenters. The first-order chi connectivity index (χ1) is 8.99. The van der Waals surface area contributed by atoms with Gasteiger partial charge in [-0.2, -0.15) is 17.4 Å². The first kappa shape index (κ1) is 14.9. The van der Waals surface area contributed by atoms with E-state index in [4.69, 9.17) is 0 Å². The minimum atomic E-state index is -3.40. The van der Waals surface area contributed by atoms with Crippen LogP contribution in [0.25, 0.3) is 0 Å². The lowest BCUT2D eigenvalue weighted by atomic mass is 10.2. The van der Waals surface area contributed by atoms with E-state index in [9.17, 15) is 8.42 Å². The number of aryl methyl sites for hydroxylation is 1. The molecule has 7 heteroatoms. The largest absolute Gasteiger partial charge is 0.280 e. The van der Waals surface area contributed by atoms with Gasteiger partial charge in [0.05, 0.1) is 16.7 Å². The van der Waals surface area contributed by atoms with Crippen LogP contribution in [-0.4, -0.2) is 30.8 Å². The van der Waals surface area contributed by atoms with Crippen LogP contribution in [0.5, 0.6) is 0 Å². The van der Waals surface area contributed by atoms with Crippen molar-refractivity contribution in [3.8, 4) is 0 Å². The van der Waals surface area contributed by atoms with Crippen molar-refractivity contribution in [2.75, 3.05) is 13.1 Å². The van der Waals surface area contributed by atoms with E-state index in [-0.39, 0.29) is 6.04 Å². The van der Waals surface area contributed by atoms with Crippen molar-refractivity contribution in [3.63, 3.8) is 0 Å². The third kappa shape index (κ3) is 3.98. The lowest BCUT2D eigenvalue weighted by Crippen LogP contribution is -2.42. The molecule has 0 bridgehead atoms. The predicted octanol–water partition coefficient (Wildman–Crippen LogP) is 2.22. The zero-order valence-corrected chi connectivity index (χ0v) is 13.1. The van der Waals surface area contributed by atoms with Gasteiger partial charge in [-0.25, -0.2) is 4.98 Å². The Morgan fingerprint density at radius 3 is 2.47 bits per heavy atom. The Balaban J connectivity index is 2.03. The smallest absolute Gasteiger partial charge is 0.245 e. The molecule has 0 radical (unpaired) electrons. The lowest BCUT2D eigenvalue weighted by molar-refractivity contribution is 0.409. The van der Waals surface area contributed by atoms with Crippen LogP contribution in [0.15, 0.2) is 5.38 Å². The highest BCUT2D eigenvalue weighted by Gasteiger charge is 2.25. The summed E-state index contributed by atoms with van der Waals surface area (Å²) >= 11 is 1.54. The molecule has 1 aliphatic heterocycles. The van der Waals surface area contributed by atoms with Crippen LogP contribution in [0.1, 0.15) is 49.4 Å². The van der Waals surface area contributed by atoms with Gasteiger partial charge >= 0.3 is 0 Å². The van der Waals surface area contributed by atoms with E-state index in [1.807, 2.05) is 19.2 Å². The van der Waals surface area contributed by atoms with Gasteiger partial charge in [-0.05, 0) is 26.7 Å². The van der Waals surface area contributed by atoms with Crippen molar-refractivity contribution in [1.82, 2.24) is 14.0 Å². The fraction of sp³-hybridized carbons (Fsp3) is 0.750. The van der Waals surface area contributed by atoms with E-state index in [1.54, 1.807) is 4.31 Å². The molecule has 1 saturated heterocycles. The minimum absolute atomic E-state index is 0.279. The summed E-state index contributed by atoms with van der Waals surface area (Å²) in [6, 6.07) is -0.279. The zero-order chi connectivity index (χ0) is 13.9. The summed E-state index contributed by atoms with van der Waals surface area (Å²) < 4.78 is 28.9. The van der Waals surface area contributed by atoms with Gasteiger partial charge in [-0.3, -0.25) is 0 Å². The maximum Gasteiger partial charge on any atom is 0.280 e. The molecule has 0 saturated carbocycles. The van der Waals surface area contributed by atoms with Crippen molar-refractivity contribution >= 4 is 21.5 Å². The van der Waals surface area contributed by atoms with Gasteiger partial charge in [0.15, 0.2) is 0 Å². The second-order valence-corrected chi connectivity index (χ2v) is 7.71. The van der Waals surface area contributed by atoms with Crippen LogP contribution in [0.2, 0.25) is 0 Å². The monoisotopic (exact) mass is 303 g/mol. The van der Waals surface area contributed by atoms with Crippen LogP contribution in [-0.2, 0) is 10.2 Å². The SMILES string of the molecule is Cc1nc(C(C)NS(=O)(=O)N2CCCCCC2)cs1. The first-order valence-electron chi connectivity index (χ1n) is 6.68. The molecular formula is C12H21N3O2S2. The molecule has 1 unspecified atom stereocenters. The predicted molar refractivity (Wildman–Crippen MR) is 77.4 cm³/mol. The molecule has 2 rings (SSSR count). The summed E-state index contributed by atoms with van der Waals surface area (Å²) in [6.45, 7) is 5.00. The molecule has 0 aromatic carbocycles. The van der Waals surface area contributed by atoms with Gasteiger partial charge in [0.1, 0.15) is 0 Å². The third-order valence-corrected chi connectivity index (χ3v) is 5.80. The van der Waals surface area contributed by atoms with E-state index in [2.05, 4.69) is 9.71 Å². The van der Waals surface area contributed by atoms with Gasteiger partial charge in [0, 0.05) is 18.5 Å². The fourth-order valence-corrected chi connectivity index (χ4v) is 4.38. The first-order valence-corrected chi connectivity index (χ1v) is 9.00. The second kappa shape index (κ2) is 6.30. The minimum Gasteiger partial charge on any atom is -0.245 e. The molecule has 0 spiro atoms. The number of nitrogens with zero attached hydrogens (tertiary/aromatic N) is 2. The molecule has 108 valence electrons. The van der Waals surface area contributed by atoms with E-state index >= 15 is 0 Å². The number of hydrogen-bond donors (Lipinski definition) is 1. The summed E-state index contributed by atoms with van der Waals surface area (Å²) in [5.74, 6) is 0. The second-order valence-electron chi connectivity index (χ2n) is 4.95. The van der Waals surface area contributed by atoms with Gasteiger partial charge in [-0.1, -0.05) is 12.8 Å². The topological polar surface area (TPSA) is 62.3 Å². The van der Waals surface area contributed by atoms with E-state index < -0.39 is 10.2 Å². The Labute approximate surface area is 119 Å². The summed E-state index contributed by atoms with van der Waals surface area (Å²) in [5.41, 5.74) is 0.792. The zero-order valence-electron chi connectivity index (χ0n) is 11.4. The average Bonchev–Trinajstić information content (AvgIpc) is 2.63. The number of hydrogen-bond acceptors (Lipinski definition) is 4. The molecular weight excluding hydrogens is 282 g/mol. The normalized spacial score (nSPS) is 20.1. The molecule has 1 aromatic rings. The summed E-state index contributed by atoms with van der Waals surface area (Å²) in [4.78, 5) is 4.33. The van der Waals surface area contributed by atoms with E-state index in [0.717, 1.165) is 36.4 Å². The molecule has 0 amide bonds. The summed E-state index contributed by atoms with van der Waals surface area (Å²) in [7, 11) is -3.40. The van der Waals surface area contributed by atoms with Gasteiger partial charge in [-0.15, -0.1) is 11.3 Å². The van der Waals surface area contributed by atoms with E-state index in [0.29, 0.717) is 13.1 Å². The Kier molecular flexibility index (Phi) is 4.94. The quantitative estimate of drug-likeness (QED) is 0.927. The summed E-state index contributed by atoms with van der Waals surface area (Å²) in [5, 5.41) is 2.86. The number of thiazole rings is 1. The van der Waals surface area contributed by atoms with Crippen molar-refractivity contribution in [3.05, 3.63) is 16.1 Å². The molecule has 2 heterocycles. The van der Waals surface area contributed by atoms with Gasteiger partial charge in [0.25, 0.3) is 10.2 Å². The van der Waals surface area contributed by atoms with Crippen LogP contribution < -0.4 is 4.72 Å². The average molecular weight is 303 g/mol. The highest BCUT2D eigenvalue weighted by Crippen LogP contribution is 2.18. The van der Waals surface area contributed by atoms with Crippen LogP contribution >= 0.6 is 11.3 Å². The van der Waals surface area contributed by atoms with Crippen molar-refractivity contribution in [1.29, 1.82) is 0 Å². The van der Waals surface area contributed by atoms with Crippen molar-refractivity contribution < 1.29 is 8.42 Å². The number of rotatable bonds is 4. The maximum atomic E-state index is 12.3. The van der Waals surface area contributed by atoms with Crippen LogP contribution in [0.3, 0.4) is 0 Å². The standard InChI is InChI=1S/C12H21N3O2S2/c1-10(12-9-18-11(2)13-12)14-19(16,17)15-7-5-3-4-6-8-15/h9-10,14H,3-8H2,1-2H3. The van der Waals surface area contributed by atoms with Crippen LogP contribution in [0.4, 0.5) is 0 Å². The Morgan fingerprint density at radius 2 is 1.95 bits per heavy atom. The van der Waals surface area contributed by atoms with E-state index in [1.165, 1.54) is 11.3 Å². The fourth-order valence-electron chi connectivity index (χ4n) is 2.22. The van der Waals surface area contributed by atoms with Gasteiger partial charge in [0.2, 0.25) is 0 Å². The Morgan fingerprint density at radius 1 is 1.32 bits per heavy atom. The molecule has 0 aliphatic carbocycles. The Hall–Kier alpha value is -0.500. The lowest BCUT2D eigenvalue weighted by Gasteiger charge is -2.22. The van der Waals surface area contributed by atoms with Gasteiger partial charge < -0.3 is 0 Å². The molecule has 19 heavy (non-hydrogen) atoms. The third-order valence-electron chi connectivity index (χ3n) is 3.31. The maximum absolute atomic E-state index is 12.3. The summed E-state index contributed by atoms with van der Waals surface area (Å²) in [6.07, 6.45) is 4.13. The van der Waals surface area contributed by atoms with Crippen molar-refractivity contribution in [2.45, 2.75) is 45.6 Å². The highest BCUT2D eigenvalue weighted by molar-refractivity contribution is 7.87.